The van der Waals surface area contributed by atoms with Crippen molar-refractivity contribution in [2.24, 2.45) is 0 Å². The van der Waals surface area contributed by atoms with E-state index in [2.05, 4.69) is 12.2 Å². The third-order valence-electron chi connectivity index (χ3n) is 3.65. The molecule has 0 aliphatic rings. The van der Waals surface area contributed by atoms with Gasteiger partial charge in [0.25, 0.3) is 0 Å². The van der Waals surface area contributed by atoms with Gasteiger partial charge in [0.2, 0.25) is 0 Å². The van der Waals surface area contributed by atoms with E-state index in [4.69, 9.17) is 4.74 Å². The number of carbonyl (C=O) groups is 1. The first-order valence-electron chi connectivity index (χ1n) is 8.07. The highest BCUT2D eigenvalue weighted by Crippen LogP contribution is 2.17. The van der Waals surface area contributed by atoms with E-state index >= 15 is 0 Å². The van der Waals surface area contributed by atoms with E-state index in [0.717, 1.165) is 18.6 Å². The molecule has 24 heavy (non-hydrogen) atoms. The summed E-state index contributed by atoms with van der Waals surface area (Å²) >= 11 is 0. The standard InChI is InChI=1S/C20H22FNO2/c1-3-4-14-24-17-10-8-16(9-11-17)20(23)12-13-22-19-7-5-6-18(21)15(19)2/h5-13,22H,3-4,14H2,1-2H3. The topological polar surface area (TPSA) is 38.3 Å². The summed E-state index contributed by atoms with van der Waals surface area (Å²) in [4.78, 5) is 12.1. The minimum absolute atomic E-state index is 0.128. The Labute approximate surface area is 142 Å². The molecule has 0 radical (unpaired) electrons. The van der Waals surface area contributed by atoms with Crippen molar-refractivity contribution in [3.05, 3.63) is 71.7 Å². The van der Waals surface area contributed by atoms with Gasteiger partial charge >= 0.3 is 0 Å². The van der Waals surface area contributed by atoms with Crippen LogP contribution in [0.15, 0.2) is 54.7 Å². The van der Waals surface area contributed by atoms with Crippen LogP contribution in [-0.4, -0.2) is 12.4 Å². The Bertz CT molecular complexity index is 708. The molecule has 0 atom stereocenters. The summed E-state index contributed by atoms with van der Waals surface area (Å²) in [6.07, 6.45) is 5.04. The minimum Gasteiger partial charge on any atom is -0.494 e. The van der Waals surface area contributed by atoms with Gasteiger partial charge in [0.1, 0.15) is 11.6 Å². The first kappa shape index (κ1) is 17.7. The second-order valence-electron chi connectivity index (χ2n) is 5.48. The Balaban J connectivity index is 1.93. The monoisotopic (exact) mass is 327 g/mol. The Kier molecular flexibility index (Phi) is 6.55. The Hall–Kier alpha value is -2.62. The van der Waals surface area contributed by atoms with Crippen molar-refractivity contribution in [3.63, 3.8) is 0 Å². The molecule has 2 aromatic carbocycles. The van der Waals surface area contributed by atoms with E-state index in [-0.39, 0.29) is 11.6 Å². The summed E-state index contributed by atoms with van der Waals surface area (Å²) in [5, 5.41) is 2.93. The predicted octanol–water partition coefficient (Wildman–Crippen LogP) is 5.12. The van der Waals surface area contributed by atoms with E-state index in [0.29, 0.717) is 23.4 Å². The third kappa shape index (κ3) is 4.95. The summed E-state index contributed by atoms with van der Waals surface area (Å²) in [5.41, 5.74) is 1.73. The van der Waals surface area contributed by atoms with Crippen LogP contribution in [0.3, 0.4) is 0 Å². The molecule has 1 N–H and O–H groups in total. The van der Waals surface area contributed by atoms with Crippen LogP contribution < -0.4 is 10.1 Å². The highest BCUT2D eigenvalue weighted by molar-refractivity contribution is 6.04. The quantitative estimate of drug-likeness (QED) is 0.415. The molecule has 0 bridgehead atoms. The number of hydrogen-bond donors (Lipinski definition) is 1. The van der Waals surface area contributed by atoms with Gasteiger partial charge in [-0.3, -0.25) is 4.79 Å². The molecule has 0 amide bonds. The number of ether oxygens (including phenoxy) is 1. The number of carbonyl (C=O) groups excluding carboxylic acids is 1. The average molecular weight is 327 g/mol. The molecule has 2 rings (SSSR count). The van der Waals surface area contributed by atoms with E-state index in [1.807, 2.05) is 0 Å². The maximum atomic E-state index is 13.4. The molecule has 0 aliphatic carbocycles. The summed E-state index contributed by atoms with van der Waals surface area (Å²) < 4.78 is 19.0. The second kappa shape index (κ2) is 8.87. The van der Waals surface area contributed by atoms with Gasteiger partial charge in [-0.15, -0.1) is 0 Å². The Morgan fingerprint density at radius 1 is 1.21 bits per heavy atom. The Morgan fingerprint density at radius 2 is 1.96 bits per heavy atom. The number of halogens is 1. The van der Waals surface area contributed by atoms with Gasteiger partial charge in [-0.25, -0.2) is 4.39 Å². The molecule has 0 saturated heterocycles. The number of allylic oxidation sites excluding steroid dienone is 1. The summed E-state index contributed by atoms with van der Waals surface area (Å²) in [6, 6.07) is 11.8. The van der Waals surface area contributed by atoms with Gasteiger partial charge in [0, 0.05) is 29.1 Å². The zero-order valence-corrected chi connectivity index (χ0v) is 14.0. The normalized spacial score (nSPS) is 10.8. The maximum absolute atomic E-state index is 13.4. The van der Waals surface area contributed by atoms with Crippen LogP contribution in [0.2, 0.25) is 0 Å². The van der Waals surface area contributed by atoms with Crippen LogP contribution in [0, 0.1) is 12.7 Å². The van der Waals surface area contributed by atoms with E-state index in [1.54, 1.807) is 43.3 Å². The summed E-state index contributed by atoms with van der Waals surface area (Å²) in [6.45, 7) is 4.47. The summed E-state index contributed by atoms with van der Waals surface area (Å²) in [5.74, 6) is 0.354. The maximum Gasteiger partial charge on any atom is 0.187 e. The largest absolute Gasteiger partial charge is 0.494 e. The first-order chi connectivity index (χ1) is 11.6. The van der Waals surface area contributed by atoms with Gasteiger partial charge < -0.3 is 10.1 Å². The third-order valence-corrected chi connectivity index (χ3v) is 3.65. The number of hydrogen-bond acceptors (Lipinski definition) is 3. The van der Waals surface area contributed by atoms with Crippen LogP contribution in [-0.2, 0) is 0 Å². The molecule has 3 nitrogen and oxygen atoms in total. The summed E-state index contributed by atoms with van der Waals surface area (Å²) in [7, 11) is 0. The van der Waals surface area contributed by atoms with Crippen molar-refractivity contribution in [2.45, 2.75) is 26.7 Å². The number of ketones is 1. The van der Waals surface area contributed by atoms with E-state index in [1.165, 1.54) is 18.3 Å². The van der Waals surface area contributed by atoms with E-state index in [9.17, 15) is 9.18 Å². The lowest BCUT2D eigenvalue weighted by molar-refractivity contribution is 0.104. The molecule has 0 fully saturated rings. The predicted molar refractivity (Wildman–Crippen MR) is 95.1 cm³/mol. The molecule has 0 aromatic heterocycles. The average Bonchev–Trinajstić information content (AvgIpc) is 2.59. The van der Waals surface area contributed by atoms with Crippen molar-refractivity contribution in [2.75, 3.05) is 11.9 Å². The van der Waals surface area contributed by atoms with Crippen molar-refractivity contribution in [1.82, 2.24) is 0 Å². The molecule has 0 heterocycles. The van der Waals surface area contributed by atoms with Crippen LogP contribution in [0.5, 0.6) is 5.75 Å². The zero-order chi connectivity index (χ0) is 17.4. The van der Waals surface area contributed by atoms with Gasteiger partial charge in [-0.05, 0) is 49.7 Å². The number of nitrogens with one attached hydrogen (secondary N) is 1. The SMILES string of the molecule is CCCCOc1ccc(C(=O)C=CNc2cccc(F)c2C)cc1. The van der Waals surface area contributed by atoms with Crippen molar-refractivity contribution >= 4 is 11.5 Å². The number of rotatable bonds is 8. The number of benzene rings is 2. The van der Waals surface area contributed by atoms with Gasteiger partial charge in [-0.2, -0.15) is 0 Å². The first-order valence-corrected chi connectivity index (χ1v) is 8.07. The second-order valence-corrected chi connectivity index (χ2v) is 5.48. The molecular weight excluding hydrogens is 305 g/mol. The van der Waals surface area contributed by atoms with Crippen molar-refractivity contribution in [3.8, 4) is 5.75 Å². The van der Waals surface area contributed by atoms with Crippen LogP contribution in [0.25, 0.3) is 0 Å². The van der Waals surface area contributed by atoms with E-state index < -0.39 is 0 Å². The highest BCUT2D eigenvalue weighted by atomic mass is 19.1. The molecule has 126 valence electrons. The molecule has 0 unspecified atom stereocenters. The molecule has 0 spiro atoms. The Morgan fingerprint density at radius 3 is 2.67 bits per heavy atom. The fourth-order valence-corrected chi connectivity index (χ4v) is 2.12. The van der Waals surface area contributed by atoms with Gasteiger partial charge in [0.05, 0.1) is 6.61 Å². The van der Waals surface area contributed by atoms with Gasteiger partial charge in [-0.1, -0.05) is 19.4 Å². The molecule has 2 aromatic rings. The molecular formula is C20H22FNO2. The highest BCUT2D eigenvalue weighted by Gasteiger charge is 2.03. The van der Waals surface area contributed by atoms with Crippen LogP contribution >= 0.6 is 0 Å². The van der Waals surface area contributed by atoms with Crippen LogP contribution in [0.1, 0.15) is 35.7 Å². The number of anilines is 1. The van der Waals surface area contributed by atoms with Crippen LogP contribution in [0.4, 0.5) is 10.1 Å². The fraction of sp³-hybridized carbons (Fsp3) is 0.250. The zero-order valence-electron chi connectivity index (χ0n) is 14.0. The molecule has 0 saturated carbocycles. The fourth-order valence-electron chi connectivity index (χ4n) is 2.12. The number of unbranched alkanes of at least 4 members (excludes halogenated alkanes) is 1. The van der Waals surface area contributed by atoms with Crippen molar-refractivity contribution in [1.29, 1.82) is 0 Å². The van der Waals surface area contributed by atoms with Gasteiger partial charge in [0.15, 0.2) is 5.78 Å². The molecule has 0 aliphatic heterocycles. The minimum atomic E-state index is -0.279. The molecule has 4 heteroatoms. The van der Waals surface area contributed by atoms with Crippen molar-refractivity contribution < 1.29 is 13.9 Å². The lowest BCUT2D eigenvalue weighted by Crippen LogP contribution is -1.99. The lowest BCUT2D eigenvalue weighted by atomic mass is 10.1. The smallest absolute Gasteiger partial charge is 0.187 e. The lowest BCUT2D eigenvalue weighted by Gasteiger charge is -2.06.